The van der Waals surface area contributed by atoms with E-state index in [9.17, 15) is 4.79 Å². The predicted octanol–water partition coefficient (Wildman–Crippen LogP) is 4.03. The molecule has 0 aliphatic carbocycles. The minimum absolute atomic E-state index is 0.113. The Morgan fingerprint density at radius 2 is 1.93 bits per heavy atom. The molecule has 3 heterocycles. The molecule has 0 aliphatic rings. The summed E-state index contributed by atoms with van der Waals surface area (Å²) in [5.41, 5.74) is 6.00. The van der Waals surface area contributed by atoms with Crippen LogP contribution in [0.1, 0.15) is 23.2 Å². The topological polar surface area (TPSA) is 64.2 Å². The minimum atomic E-state index is -0.113. The summed E-state index contributed by atoms with van der Waals surface area (Å²) in [6.07, 6.45) is 11.7. The lowest BCUT2D eigenvalue weighted by atomic mass is 10.1. The van der Waals surface area contributed by atoms with Crippen LogP contribution in [0, 0.1) is 13.8 Å². The summed E-state index contributed by atoms with van der Waals surface area (Å²) in [5.74, 6) is -0.113. The number of hydrogen-bond donors (Lipinski definition) is 1. The molecule has 4 rings (SSSR count). The predicted molar refractivity (Wildman–Crippen MR) is 119 cm³/mol. The Balaban J connectivity index is 1.52. The molecule has 0 radical (unpaired) electrons. The van der Waals surface area contributed by atoms with Crippen molar-refractivity contribution in [3.63, 3.8) is 0 Å². The summed E-state index contributed by atoms with van der Waals surface area (Å²) in [7, 11) is 0. The number of carbonyl (C=O) groups excluding carboxylic acids is 1. The second-order valence-electron chi connectivity index (χ2n) is 7.42. The monoisotopic (exact) mass is 399 g/mol. The number of benzene rings is 1. The first-order chi connectivity index (χ1) is 14.6. The lowest BCUT2D eigenvalue weighted by molar-refractivity contribution is -0.116. The Hall–Kier alpha value is -3.67. The molecule has 0 bridgehead atoms. The maximum atomic E-state index is 12.3. The van der Waals surface area contributed by atoms with Crippen molar-refractivity contribution in [1.82, 2.24) is 24.3 Å². The van der Waals surface area contributed by atoms with E-state index in [0.29, 0.717) is 6.54 Å². The van der Waals surface area contributed by atoms with Crippen molar-refractivity contribution in [3.05, 3.63) is 84.2 Å². The first kappa shape index (κ1) is 19.6. The molecular formula is C24H25N5O. The second kappa shape index (κ2) is 8.78. The molecule has 0 saturated heterocycles. The third kappa shape index (κ3) is 4.49. The number of imidazole rings is 2. The quantitative estimate of drug-likeness (QED) is 0.377. The Kier molecular flexibility index (Phi) is 5.75. The summed E-state index contributed by atoms with van der Waals surface area (Å²) in [4.78, 5) is 21.2. The molecule has 1 N–H and O–H groups in total. The van der Waals surface area contributed by atoms with Gasteiger partial charge in [-0.05, 0) is 44.0 Å². The van der Waals surface area contributed by atoms with Gasteiger partial charge < -0.3 is 9.88 Å². The van der Waals surface area contributed by atoms with E-state index in [1.54, 1.807) is 18.6 Å². The molecule has 0 atom stereocenters. The molecule has 3 aromatic heterocycles. The number of amides is 1. The SMILES string of the molecule is Cc1ccc(-c2nc3cc(C)ccn3c2/C=C/C(=O)NCCCn2ccnc2)cc1. The van der Waals surface area contributed by atoms with Crippen LogP contribution < -0.4 is 5.32 Å². The van der Waals surface area contributed by atoms with Crippen molar-refractivity contribution in [2.45, 2.75) is 26.8 Å². The van der Waals surface area contributed by atoms with Crippen molar-refractivity contribution >= 4 is 17.6 Å². The number of hydrogen-bond acceptors (Lipinski definition) is 3. The van der Waals surface area contributed by atoms with Gasteiger partial charge in [-0.25, -0.2) is 9.97 Å². The van der Waals surface area contributed by atoms with Crippen molar-refractivity contribution in [3.8, 4) is 11.3 Å². The third-order valence-electron chi connectivity index (χ3n) is 4.99. The number of carbonyl (C=O) groups is 1. The third-order valence-corrected chi connectivity index (χ3v) is 4.99. The van der Waals surface area contributed by atoms with Crippen molar-refractivity contribution in [2.24, 2.45) is 0 Å². The molecule has 152 valence electrons. The Bertz CT molecular complexity index is 1170. The van der Waals surface area contributed by atoms with E-state index in [0.717, 1.165) is 41.1 Å². The maximum absolute atomic E-state index is 12.3. The molecule has 6 heteroatoms. The normalized spacial score (nSPS) is 11.4. The Morgan fingerprint density at radius 1 is 1.10 bits per heavy atom. The Labute approximate surface area is 175 Å². The molecule has 0 spiro atoms. The first-order valence-corrected chi connectivity index (χ1v) is 10.1. The highest BCUT2D eigenvalue weighted by Gasteiger charge is 2.12. The van der Waals surface area contributed by atoms with Gasteiger partial charge >= 0.3 is 0 Å². The zero-order valence-electron chi connectivity index (χ0n) is 17.2. The van der Waals surface area contributed by atoms with Gasteiger partial charge in [-0.15, -0.1) is 0 Å². The number of fused-ring (bicyclic) bond motifs is 1. The van der Waals surface area contributed by atoms with Crippen LogP contribution in [0.3, 0.4) is 0 Å². The lowest BCUT2D eigenvalue weighted by Crippen LogP contribution is -2.23. The molecule has 4 aromatic rings. The van der Waals surface area contributed by atoms with E-state index in [2.05, 4.69) is 41.5 Å². The van der Waals surface area contributed by atoms with Crippen LogP contribution in [0.25, 0.3) is 23.0 Å². The summed E-state index contributed by atoms with van der Waals surface area (Å²) >= 11 is 0. The molecule has 1 amide bonds. The van der Waals surface area contributed by atoms with Gasteiger partial charge in [0.1, 0.15) is 5.65 Å². The standard InChI is InChI=1S/C24H25N5O/c1-18-4-6-20(7-5-18)24-21(29-14-10-19(2)16-22(29)27-24)8-9-23(30)26-11-3-13-28-15-12-25-17-28/h4-10,12,14-17H,3,11,13H2,1-2H3,(H,26,30)/b9-8+. The summed E-state index contributed by atoms with van der Waals surface area (Å²) in [6, 6.07) is 12.4. The van der Waals surface area contributed by atoms with E-state index in [4.69, 9.17) is 4.98 Å². The van der Waals surface area contributed by atoms with Gasteiger partial charge in [-0.1, -0.05) is 29.8 Å². The fourth-order valence-corrected chi connectivity index (χ4v) is 3.35. The molecule has 0 saturated carbocycles. The number of pyridine rings is 1. The average molecular weight is 399 g/mol. The fourth-order valence-electron chi connectivity index (χ4n) is 3.35. The molecule has 1 aromatic carbocycles. The first-order valence-electron chi connectivity index (χ1n) is 10.1. The van der Waals surface area contributed by atoms with Crippen molar-refractivity contribution in [2.75, 3.05) is 6.54 Å². The smallest absolute Gasteiger partial charge is 0.244 e. The van der Waals surface area contributed by atoms with E-state index in [1.165, 1.54) is 5.56 Å². The van der Waals surface area contributed by atoms with Gasteiger partial charge in [-0.2, -0.15) is 0 Å². The summed E-state index contributed by atoms with van der Waals surface area (Å²) in [5, 5.41) is 2.94. The number of aromatic nitrogens is 4. The highest BCUT2D eigenvalue weighted by Crippen LogP contribution is 2.26. The van der Waals surface area contributed by atoms with Crippen LogP contribution in [-0.4, -0.2) is 31.4 Å². The molecular weight excluding hydrogens is 374 g/mol. The van der Waals surface area contributed by atoms with E-state index in [-0.39, 0.29) is 5.91 Å². The number of nitrogens with one attached hydrogen (secondary N) is 1. The number of rotatable bonds is 7. The Morgan fingerprint density at radius 3 is 2.70 bits per heavy atom. The van der Waals surface area contributed by atoms with Crippen LogP contribution in [0.4, 0.5) is 0 Å². The minimum Gasteiger partial charge on any atom is -0.352 e. The second-order valence-corrected chi connectivity index (χ2v) is 7.42. The van der Waals surface area contributed by atoms with Gasteiger partial charge in [0.05, 0.1) is 17.7 Å². The number of aryl methyl sites for hydroxylation is 3. The van der Waals surface area contributed by atoms with Gasteiger partial charge in [-0.3, -0.25) is 9.20 Å². The molecule has 0 aliphatic heterocycles. The lowest BCUT2D eigenvalue weighted by Gasteiger charge is -2.04. The largest absolute Gasteiger partial charge is 0.352 e. The fraction of sp³-hybridized carbons (Fsp3) is 0.208. The van der Waals surface area contributed by atoms with Crippen LogP contribution >= 0.6 is 0 Å². The molecule has 0 unspecified atom stereocenters. The van der Waals surface area contributed by atoms with Crippen LogP contribution in [0.2, 0.25) is 0 Å². The zero-order chi connectivity index (χ0) is 20.9. The van der Waals surface area contributed by atoms with E-state index >= 15 is 0 Å². The molecule has 0 fully saturated rings. The van der Waals surface area contributed by atoms with Crippen LogP contribution in [-0.2, 0) is 11.3 Å². The summed E-state index contributed by atoms with van der Waals surface area (Å²) in [6.45, 7) is 5.55. The van der Waals surface area contributed by atoms with Crippen molar-refractivity contribution < 1.29 is 4.79 Å². The maximum Gasteiger partial charge on any atom is 0.244 e. The molecule has 30 heavy (non-hydrogen) atoms. The van der Waals surface area contributed by atoms with Crippen LogP contribution in [0.5, 0.6) is 0 Å². The summed E-state index contributed by atoms with van der Waals surface area (Å²) < 4.78 is 4.02. The number of nitrogens with zero attached hydrogens (tertiary/aromatic N) is 4. The van der Waals surface area contributed by atoms with E-state index in [1.807, 2.05) is 46.5 Å². The van der Waals surface area contributed by atoms with E-state index < -0.39 is 0 Å². The van der Waals surface area contributed by atoms with Gasteiger partial charge in [0.2, 0.25) is 5.91 Å². The highest BCUT2D eigenvalue weighted by molar-refractivity contribution is 5.92. The van der Waals surface area contributed by atoms with Crippen LogP contribution in [0.15, 0.2) is 67.4 Å². The van der Waals surface area contributed by atoms with Gasteiger partial charge in [0.15, 0.2) is 0 Å². The highest BCUT2D eigenvalue weighted by atomic mass is 16.1. The van der Waals surface area contributed by atoms with Gasteiger partial charge in [0, 0.05) is 43.3 Å². The average Bonchev–Trinajstić information content (AvgIpc) is 3.37. The van der Waals surface area contributed by atoms with Gasteiger partial charge in [0.25, 0.3) is 0 Å². The molecule has 6 nitrogen and oxygen atoms in total. The van der Waals surface area contributed by atoms with Crippen molar-refractivity contribution in [1.29, 1.82) is 0 Å². The zero-order valence-corrected chi connectivity index (χ0v) is 17.2.